The van der Waals surface area contributed by atoms with Gasteiger partial charge in [0.15, 0.2) is 0 Å². The maximum atomic E-state index is 13.4. The van der Waals surface area contributed by atoms with E-state index in [0.29, 0.717) is 25.7 Å². The predicted molar refractivity (Wildman–Crippen MR) is 117 cm³/mol. The lowest BCUT2D eigenvalue weighted by Crippen LogP contribution is -2.44. The molecule has 168 valence electrons. The Labute approximate surface area is 186 Å². The summed E-state index contributed by atoms with van der Waals surface area (Å²) in [5.74, 6) is 1.45. The number of methoxy groups -OCH3 is 1. The number of carbonyl (C=O) groups excluding carboxylic acids is 1. The van der Waals surface area contributed by atoms with Crippen molar-refractivity contribution in [2.75, 3.05) is 38.7 Å². The molecule has 2 aliphatic rings. The normalized spacial score (nSPS) is 18.2. The molecule has 10 nitrogen and oxygen atoms in total. The summed E-state index contributed by atoms with van der Waals surface area (Å²) in [7, 11) is 1.64. The zero-order valence-electron chi connectivity index (χ0n) is 18.5. The molecule has 0 aliphatic carbocycles. The van der Waals surface area contributed by atoms with E-state index >= 15 is 0 Å². The van der Waals surface area contributed by atoms with E-state index in [-0.39, 0.29) is 17.8 Å². The number of hydrogen-bond acceptors (Lipinski definition) is 7. The smallest absolute Gasteiger partial charge is 0.294 e. The third-order valence-electron chi connectivity index (χ3n) is 6.06. The Morgan fingerprint density at radius 2 is 2.12 bits per heavy atom. The molecule has 1 saturated heterocycles. The molecular formula is C22H27N7O3. The molecule has 2 aliphatic heterocycles. The van der Waals surface area contributed by atoms with Crippen LogP contribution in [0.2, 0.25) is 0 Å². The van der Waals surface area contributed by atoms with E-state index in [1.807, 2.05) is 47.7 Å². The lowest BCUT2D eigenvalue weighted by atomic mass is 10.0. The summed E-state index contributed by atoms with van der Waals surface area (Å²) in [6.45, 7) is 6.95. The van der Waals surface area contributed by atoms with E-state index in [1.165, 1.54) is 0 Å². The minimum atomic E-state index is -0.260. The number of nitrogens with one attached hydrogen (secondary N) is 1. The summed E-state index contributed by atoms with van der Waals surface area (Å²) in [4.78, 5) is 19.7. The molecule has 2 aromatic heterocycles. The molecule has 0 bridgehead atoms. The van der Waals surface area contributed by atoms with Crippen molar-refractivity contribution in [3.8, 4) is 11.4 Å². The second kappa shape index (κ2) is 8.27. The molecule has 1 aromatic carbocycles. The largest absolute Gasteiger partial charge is 0.497 e. The summed E-state index contributed by atoms with van der Waals surface area (Å²) < 4.78 is 14.8. The van der Waals surface area contributed by atoms with Crippen LogP contribution < -0.4 is 10.1 Å². The van der Waals surface area contributed by atoms with Crippen molar-refractivity contribution >= 4 is 11.9 Å². The molecule has 1 N–H and O–H groups in total. The summed E-state index contributed by atoms with van der Waals surface area (Å²) in [5, 5.41) is 12.4. The molecule has 1 fully saturated rings. The van der Waals surface area contributed by atoms with Crippen LogP contribution in [0.4, 0.5) is 5.95 Å². The summed E-state index contributed by atoms with van der Waals surface area (Å²) in [6, 6.07) is 7.50. The fourth-order valence-corrected chi connectivity index (χ4v) is 4.49. The van der Waals surface area contributed by atoms with Crippen LogP contribution in [0.5, 0.6) is 5.75 Å². The highest BCUT2D eigenvalue weighted by Crippen LogP contribution is 2.32. The Balaban J connectivity index is 1.49. The zero-order chi connectivity index (χ0) is 22.2. The number of nitrogens with zero attached hydrogens (tertiary/aromatic N) is 6. The predicted octanol–water partition coefficient (Wildman–Crippen LogP) is 2.12. The molecule has 5 rings (SSSR count). The fraction of sp³-hybridized carbons (Fsp3) is 0.455. The first-order valence-corrected chi connectivity index (χ1v) is 10.8. The van der Waals surface area contributed by atoms with Gasteiger partial charge in [-0.1, -0.05) is 6.07 Å². The van der Waals surface area contributed by atoms with Crippen molar-refractivity contribution < 1.29 is 14.3 Å². The van der Waals surface area contributed by atoms with E-state index in [1.54, 1.807) is 11.8 Å². The Morgan fingerprint density at radius 3 is 2.94 bits per heavy atom. The number of morpholine rings is 1. The van der Waals surface area contributed by atoms with Crippen LogP contribution in [0, 0.1) is 13.8 Å². The Morgan fingerprint density at radius 1 is 1.25 bits per heavy atom. The van der Waals surface area contributed by atoms with Crippen molar-refractivity contribution in [1.82, 2.24) is 29.4 Å². The highest BCUT2D eigenvalue weighted by Gasteiger charge is 2.35. The standard InChI is InChI=1S/C22H27N7O3/c1-14-19(15(2)29(25-14)16-6-4-7-17(12-16)31-3)18-13-32-11-10-27(18)21(30)20-24-22-23-8-5-9-28(22)26-20/h4,6-7,12,18H,5,8-11,13H2,1-3H3,(H,23,24,26). The molecule has 1 unspecified atom stereocenters. The van der Waals surface area contributed by atoms with E-state index in [0.717, 1.165) is 47.9 Å². The Bertz CT molecular complexity index is 1130. The van der Waals surface area contributed by atoms with Crippen LogP contribution >= 0.6 is 0 Å². The first-order valence-electron chi connectivity index (χ1n) is 10.8. The molecule has 32 heavy (non-hydrogen) atoms. The molecule has 1 atom stereocenters. The highest BCUT2D eigenvalue weighted by atomic mass is 16.5. The van der Waals surface area contributed by atoms with Crippen LogP contribution in [0.1, 0.15) is 40.0 Å². The van der Waals surface area contributed by atoms with Crippen LogP contribution in [-0.4, -0.2) is 68.8 Å². The van der Waals surface area contributed by atoms with Gasteiger partial charge in [-0.2, -0.15) is 10.1 Å². The van der Waals surface area contributed by atoms with Gasteiger partial charge in [-0.3, -0.25) is 4.79 Å². The van der Waals surface area contributed by atoms with Crippen LogP contribution in [0.3, 0.4) is 0 Å². The van der Waals surface area contributed by atoms with Crippen molar-refractivity contribution in [3.63, 3.8) is 0 Å². The van der Waals surface area contributed by atoms with Gasteiger partial charge in [0.05, 0.1) is 37.7 Å². The second-order valence-corrected chi connectivity index (χ2v) is 8.05. The molecule has 0 spiro atoms. The molecular weight excluding hydrogens is 410 g/mol. The molecule has 4 heterocycles. The van der Waals surface area contributed by atoms with Crippen LogP contribution in [-0.2, 0) is 11.3 Å². The number of rotatable bonds is 4. The van der Waals surface area contributed by atoms with Gasteiger partial charge >= 0.3 is 0 Å². The quantitative estimate of drug-likeness (QED) is 0.667. The van der Waals surface area contributed by atoms with E-state index in [4.69, 9.17) is 14.6 Å². The summed E-state index contributed by atoms with van der Waals surface area (Å²) in [5.41, 5.74) is 3.71. The minimum absolute atomic E-state index is 0.185. The van der Waals surface area contributed by atoms with E-state index in [9.17, 15) is 4.79 Å². The maximum absolute atomic E-state index is 13.4. The van der Waals surface area contributed by atoms with Crippen LogP contribution in [0.15, 0.2) is 24.3 Å². The van der Waals surface area contributed by atoms with Gasteiger partial charge in [0, 0.05) is 37.0 Å². The average Bonchev–Trinajstić information content (AvgIpc) is 3.39. The molecule has 10 heteroatoms. The third kappa shape index (κ3) is 3.50. The number of fused-ring (bicyclic) bond motifs is 1. The lowest BCUT2D eigenvalue weighted by Gasteiger charge is -2.35. The summed E-state index contributed by atoms with van der Waals surface area (Å²) in [6.07, 6.45) is 0.964. The third-order valence-corrected chi connectivity index (χ3v) is 6.06. The average molecular weight is 438 g/mol. The highest BCUT2D eigenvalue weighted by molar-refractivity contribution is 5.91. The number of aromatic nitrogens is 5. The topological polar surface area (TPSA) is 99.3 Å². The van der Waals surface area contributed by atoms with Crippen molar-refractivity contribution in [2.45, 2.75) is 32.9 Å². The monoisotopic (exact) mass is 437 g/mol. The van der Waals surface area contributed by atoms with Crippen LogP contribution in [0.25, 0.3) is 5.69 Å². The molecule has 1 amide bonds. The van der Waals surface area contributed by atoms with Crippen molar-refractivity contribution in [3.05, 3.63) is 47.0 Å². The van der Waals surface area contributed by atoms with Gasteiger partial charge in [0.25, 0.3) is 5.91 Å². The maximum Gasteiger partial charge on any atom is 0.294 e. The molecule has 0 radical (unpaired) electrons. The Kier molecular flexibility index (Phi) is 5.30. The van der Waals surface area contributed by atoms with Gasteiger partial charge in [-0.25, -0.2) is 9.36 Å². The molecule has 0 saturated carbocycles. The second-order valence-electron chi connectivity index (χ2n) is 8.05. The number of amides is 1. The zero-order valence-corrected chi connectivity index (χ0v) is 18.5. The molecule has 3 aromatic rings. The summed E-state index contributed by atoms with van der Waals surface area (Å²) >= 11 is 0. The first kappa shape index (κ1) is 20.5. The van der Waals surface area contributed by atoms with Gasteiger partial charge in [-0.05, 0) is 32.4 Å². The Hall–Kier alpha value is -3.40. The van der Waals surface area contributed by atoms with Gasteiger partial charge in [0.1, 0.15) is 5.75 Å². The number of benzene rings is 1. The van der Waals surface area contributed by atoms with E-state index in [2.05, 4.69) is 15.4 Å². The number of aryl methyl sites for hydroxylation is 2. The van der Waals surface area contributed by atoms with Crippen molar-refractivity contribution in [2.24, 2.45) is 0 Å². The minimum Gasteiger partial charge on any atom is -0.497 e. The van der Waals surface area contributed by atoms with Gasteiger partial charge in [-0.15, -0.1) is 5.10 Å². The first-order chi connectivity index (χ1) is 15.6. The van der Waals surface area contributed by atoms with Gasteiger partial charge in [0.2, 0.25) is 11.8 Å². The SMILES string of the molecule is COc1cccc(-n2nc(C)c(C3COCCN3C(=O)c3nc4n(n3)CCCN4)c2C)c1. The van der Waals surface area contributed by atoms with E-state index < -0.39 is 0 Å². The van der Waals surface area contributed by atoms with Crippen molar-refractivity contribution in [1.29, 1.82) is 0 Å². The number of anilines is 1. The number of hydrogen-bond donors (Lipinski definition) is 1. The van der Waals surface area contributed by atoms with Gasteiger partial charge < -0.3 is 19.7 Å². The fourth-order valence-electron chi connectivity index (χ4n) is 4.49. The number of ether oxygens (including phenoxy) is 2. The lowest BCUT2D eigenvalue weighted by molar-refractivity contribution is -0.00369. The number of carbonyl (C=O) groups is 1.